The van der Waals surface area contributed by atoms with Crippen molar-refractivity contribution >= 4 is 29.9 Å². The summed E-state index contributed by atoms with van der Waals surface area (Å²) in [5.41, 5.74) is 7.97. The third-order valence-electron chi connectivity index (χ3n) is 3.74. The third kappa shape index (κ3) is 4.15. The number of nitrogens with one attached hydrogen (secondary N) is 1. The molecule has 2 aromatic rings. The van der Waals surface area contributed by atoms with Crippen molar-refractivity contribution < 1.29 is 9.15 Å². The van der Waals surface area contributed by atoms with E-state index < -0.39 is 0 Å². The highest BCUT2D eigenvalue weighted by molar-refractivity contribution is 14.0. The zero-order valence-electron chi connectivity index (χ0n) is 13.2. The SMILES string of the molecule is Cc1nc(CN=C(N)NC2CCOc3ccccc32)oc1C.I. The van der Waals surface area contributed by atoms with Crippen LogP contribution in [-0.2, 0) is 6.54 Å². The fraction of sp³-hybridized carbons (Fsp3) is 0.375. The Morgan fingerprint density at radius 1 is 1.39 bits per heavy atom. The zero-order valence-corrected chi connectivity index (χ0v) is 15.5. The molecule has 2 heterocycles. The van der Waals surface area contributed by atoms with Gasteiger partial charge in [0.2, 0.25) is 5.89 Å². The van der Waals surface area contributed by atoms with E-state index in [0.29, 0.717) is 25.0 Å². The van der Waals surface area contributed by atoms with Gasteiger partial charge in [-0.15, -0.1) is 24.0 Å². The summed E-state index contributed by atoms with van der Waals surface area (Å²) in [5, 5.41) is 3.25. The summed E-state index contributed by atoms with van der Waals surface area (Å²) in [6.45, 7) is 4.79. The minimum atomic E-state index is 0. The fourth-order valence-electron chi connectivity index (χ4n) is 2.48. The minimum absolute atomic E-state index is 0. The third-order valence-corrected chi connectivity index (χ3v) is 3.74. The normalized spacial score (nSPS) is 17.0. The molecule has 1 aliphatic rings. The Bertz CT molecular complexity index is 680. The van der Waals surface area contributed by atoms with E-state index in [9.17, 15) is 0 Å². The van der Waals surface area contributed by atoms with Crippen molar-refractivity contribution in [3.8, 4) is 5.75 Å². The number of benzene rings is 1. The Morgan fingerprint density at radius 2 is 2.17 bits per heavy atom. The van der Waals surface area contributed by atoms with Gasteiger partial charge in [-0.2, -0.15) is 0 Å². The first-order chi connectivity index (χ1) is 10.6. The van der Waals surface area contributed by atoms with Crippen LogP contribution in [0.15, 0.2) is 33.7 Å². The number of rotatable bonds is 3. The van der Waals surface area contributed by atoms with Gasteiger partial charge >= 0.3 is 0 Å². The predicted octanol–water partition coefficient (Wildman–Crippen LogP) is 2.84. The van der Waals surface area contributed by atoms with Gasteiger partial charge in [0.15, 0.2) is 5.96 Å². The molecule has 1 aromatic carbocycles. The number of oxazole rings is 1. The number of hydrogen-bond acceptors (Lipinski definition) is 4. The first-order valence-corrected chi connectivity index (χ1v) is 7.34. The van der Waals surface area contributed by atoms with Gasteiger partial charge in [0.05, 0.1) is 18.3 Å². The number of guanidine groups is 1. The number of aromatic nitrogens is 1. The van der Waals surface area contributed by atoms with E-state index >= 15 is 0 Å². The molecule has 1 aliphatic heterocycles. The molecule has 0 radical (unpaired) electrons. The van der Waals surface area contributed by atoms with E-state index in [1.165, 1.54) is 0 Å². The molecule has 0 saturated carbocycles. The number of fused-ring (bicyclic) bond motifs is 1. The number of aliphatic imine (C=N–C) groups is 1. The molecule has 1 atom stereocenters. The Labute approximate surface area is 152 Å². The highest BCUT2D eigenvalue weighted by Crippen LogP contribution is 2.31. The van der Waals surface area contributed by atoms with Gasteiger partial charge in [-0.1, -0.05) is 18.2 Å². The van der Waals surface area contributed by atoms with Crippen LogP contribution in [0.3, 0.4) is 0 Å². The molecule has 124 valence electrons. The summed E-state index contributed by atoms with van der Waals surface area (Å²) in [4.78, 5) is 8.59. The standard InChI is InChI=1S/C16H20N4O2.HI/c1-10-11(2)22-15(19-10)9-18-16(17)20-13-7-8-21-14-6-4-3-5-12(13)14;/h3-6,13H,7-9H2,1-2H3,(H3,17,18,20);1H. The molecule has 1 unspecified atom stereocenters. The number of nitrogens with two attached hydrogens (primary N) is 1. The van der Waals surface area contributed by atoms with Crippen LogP contribution >= 0.6 is 24.0 Å². The van der Waals surface area contributed by atoms with Crippen molar-refractivity contribution in [1.82, 2.24) is 10.3 Å². The topological polar surface area (TPSA) is 85.7 Å². The van der Waals surface area contributed by atoms with Gasteiger partial charge in [-0.3, -0.25) is 0 Å². The summed E-state index contributed by atoms with van der Waals surface area (Å²) in [6, 6.07) is 8.08. The Morgan fingerprint density at radius 3 is 2.91 bits per heavy atom. The van der Waals surface area contributed by atoms with Crippen LogP contribution in [0, 0.1) is 13.8 Å². The molecule has 0 fully saturated rings. The molecule has 7 heteroatoms. The molecule has 1 aromatic heterocycles. The molecule has 0 amide bonds. The summed E-state index contributed by atoms with van der Waals surface area (Å²) in [5.74, 6) is 2.68. The van der Waals surface area contributed by atoms with Crippen LogP contribution in [0.5, 0.6) is 5.75 Å². The van der Waals surface area contributed by atoms with E-state index in [4.69, 9.17) is 14.9 Å². The summed E-state index contributed by atoms with van der Waals surface area (Å²) in [7, 11) is 0. The van der Waals surface area contributed by atoms with E-state index in [1.807, 2.05) is 38.1 Å². The van der Waals surface area contributed by atoms with Gasteiger partial charge in [-0.25, -0.2) is 9.98 Å². The van der Waals surface area contributed by atoms with Gasteiger partial charge in [-0.05, 0) is 19.9 Å². The average Bonchev–Trinajstić information content (AvgIpc) is 2.84. The number of hydrogen-bond donors (Lipinski definition) is 2. The van der Waals surface area contributed by atoms with Gasteiger partial charge < -0.3 is 20.2 Å². The van der Waals surface area contributed by atoms with Crippen molar-refractivity contribution in [2.45, 2.75) is 32.9 Å². The number of aryl methyl sites for hydroxylation is 2. The molecule has 0 saturated heterocycles. The van der Waals surface area contributed by atoms with E-state index in [2.05, 4.69) is 15.3 Å². The number of para-hydroxylation sites is 1. The van der Waals surface area contributed by atoms with Crippen molar-refractivity contribution in [3.63, 3.8) is 0 Å². The van der Waals surface area contributed by atoms with Crippen LogP contribution in [0.4, 0.5) is 0 Å². The summed E-state index contributed by atoms with van der Waals surface area (Å²) in [6.07, 6.45) is 0.852. The first kappa shape index (κ1) is 17.6. The maximum atomic E-state index is 5.98. The number of nitrogens with zero attached hydrogens (tertiary/aromatic N) is 2. The van der Waals surface area contributed by atoms with E-state index in [0.717, 1.165) is 29.2 Å². The monoisotopic (exact) mass is 428 g/mol. The molecular formula is C16H21IN4O2. The van der Waals surface area contributed by atoms with Crippen molar-refractivity contribution in [3.05, 3.63) is 47.2 Å². The quantitative estimate of drug-likeness (QED) is 0.446. The zero-order chi connectivity index (χ0) is 15.5. The average molecular weight is 428 g/mol. The van der Waals surface area contributed by atoms with Crippen molar-refractivity contribution in [2.24, 2.45) is 10.7 Å². The maximum Gasteiger partial charge on any atom is 0.216 e. The molecule has 0 spiro atoms. The second-order valence-corrected chi connectivity index (χ2v) is 5.32. The highest BCUT2D eigenvalue weighted by atomic mass is 127. The lowest BCUT2D eigenvalue weighted by Gasteiger charge is -2.26. The molecule has 3 rings (SSSR count). The number of ether oxygens (including phenoxy) is 1. The molecule has 0 bridgehead atoms. The van der Waals surface area contributed by atoms with Crippen LogP contribution in [0.2, 0.25) is 0 Å². The molecule has 3 N–H and O–H groups in total. The molecule has 6 nitrogen and oxygen atoms in total. The Balaban J connectivity index is 0.00000192. The molecule has 0 aliphatic carbocycles. The fourth-order valence-corrected chi connectivity index (χ4v) is 2.48. The van der Waals surface area contributed by atoms with E-state index in [1.54, 1.807) is 0 Å². The van der Waals surface area contributed by atoms with Crippen LogP contribution < -0.4 is 15.8 Å². The van der Waals surface area contributed by atoms with Crippen LogP contribution in [-0.4, -0.2) is 17.6 Å². The van der Waals surface area contributed by atoms with Gasteiger partial charge in [0, 0.05) is 12.0 Å². The lowest BCUT2D eigenvalue weighted by Crippen LogP contribution is -2.37. The molecular weight excluding hydrogens is 407 g/mol. The van der Waals surface area contributed by atoms with Gasteiger partial charge in [0.25, 0.3) is 0 Å². The largest absolute Gasteiger partial charge is 0.493 e. The molecule has 23 heavy (non-hydrogen) atoms. The lowest BCUT2D eigenvalue weighted by molar-refractivity contribution is 0.262. The minimum Gasteiger partial charge on any atom is -0.493 e. The van der Waals surface area contributed by atoms with Crippen molar-refractivity contribution in [1.29, 1.82) is 0 Å². The smallest absolute Gasteiger partial charge is 0.216 e. The van der Waals surface area contributed by atoms with Crippen LogP contribution in [0.25, 0.3) is 0 Å². The van der Waals surface area contributed by atoms with Gasteiger partial charge in [0.1, 0.15) is 18.1 Å². The first-order valence-electron chi connectivity index (χ1n) is 7.34. The summed E-state index contributed by atoms with van der Waals surface area (Å²) >= 11 is 0. The highest BCUT2D eigenvalue weighted by Gasteiger charge is 2.21. The predicted molar refractivity (Wildman–Crippen MR) is 99.1 cm³/mol. The second-order valence-electron chi connectivity index (χ2n) is 5.32. The van der Waals surface area contributed by atoms with Crippen molar-refractivity contribution in [2.75, 3.05) is 6.61 Å². The van der Waals surface area contributed by atoms with E-state index in [-0.39, 0.29) is 30.0 Å². The maximum absolute atomic E-state index is 5.98. The van der Waals surface area contributed by atoms with Crippen LogP contribution in [0.1, 0.15) is 35.4 Å². The second kappa shape index (κ2) is 7.67. The Hall–Kier alpha value is -1.77. The number of halogens is 1. The Kier molecular flexibility index (Phi) is 5.86. The lowest BCUT2D eigenvalue weighted by atomic mass is 10.0. The summed E-state index contributed by atoms with van der Waals surface area (Å²) < 4.78 is 11.1.